The molecule has 1 unspecified atom stereocenters. The number of halogens is 8. The van der Waals surface area contributed by atoms with Crippen molar-refractivity contribution in [1.82, 2.24) is 0 Å². The molecule has 13 nitrogen and oxygen atoms in total. The lowest BCUT2D eigenvalue weighted by molar-refractivity contribution is -0.144. The van der Waals surface area contributed by atoms with E-state index >= 15 is 0 Å². The van der Waals surface area contributed by atoms with Gasteiger partial charge in [0.25, 0.3) is 0 Å². The van der Waals surface area contributed by atoms with E-state index in [-0.39, 0.29) is 29.5 Å². The highest BCUT2D eigenvalue weighted by Gasteiger charge is 2.46. The minimum Gasteiger partial charge on any atom is -0.464 e. The topological polar surface area (TPSA) is 184 Å². The molecule has 0 radical (unpaired) electrons. The van der Waals surface area contributed by atoms with Crippen LogP contribution in [0.1, 0.15) is 37.0 Å². The van der Waals surface area contributed by atoms with Gasteiger partial charge in [-0.3, -0.25) is 10.4 Å². The molecule has 0 bridgehead atoms. The number of hydrazone groups is 2. The molecule has 3 aromatic rings. The molecule has 1 aliphatic rings. The fourth-order valence-corrected chi connectivity index (χ4v) is 4.97. The summed E-state index contributed by atoms with van der Waals surface area (Å²) in [6.07, 6.45) is -9.47. The summed E-state index contributed by atoms with van der Waals surface area (Å²) in [4.78, 5) is 21.5. The van der Waals surface area contributed by atoms with Crippen LogP contribution in [0.4, 0.5) is 46.5 Å². The van der Waals surface area contributed by atoms with Crippen LogP contribution < -0.4 is 10.4 Å². The lowest BCUT2D eigenvalue weighted by Gasteiger charge is -2.22. The standard InChI is InChI=1S/C16H11F4N3O3S.C14H11F4N3O2.C5H8O2/c1-10-2-5-13(6-3-10)27(24,25)26-15(16(18,19)20)23-22-12-4-7-14(17)11(8-12)9-21;1-2-23-13(22)11-6-12(14(16,17)18)20-21(11)9-3-4-10(15)8(5-9)7-19;1-3-5(6)7-4-2/h2-8,22H,1H3;3-5,11H,2,6H2,1H3;3H,1,4H2,2H3/b23-15-;;. The molecule has 1 N–H and O–H groups in total. The van der Waals surface area contributed by atoms with Gasteiger partial charge < -0.3 is 13.7 Å². The summed E-state index contributed by atoms with van der Waals surface area (Å²) < 4.78 is 142. The van der Waals surface area contributed by atoms with Crippen molar-refractivity contribution in [3.8, 4) is 12.1 Å². The molecular formula is C35H30F8N6O7S. The summed E-state index contributed by atoms with van der Waals surface area (Å²) in [6, 6.07) is 12.6. The van der Waals surface area contributed by atoms with E-state index in [9.17, 15) is 53.1 Å². The number of alkyl halides is 6. The average Bonchev–Trinajstić information content (AvgIpc) is 3.61. The average molecular weight is 831 g/mol. The van der Waals surface area contributed by atoms with Crippen molar-refractivity contribution in [1.29, 1.82) is 10.5 Å². The minimum absolute atomic E-state index is 0.000234. The Morgan fingerprint density at radius 2 is 1.51 bits per heavy atom. The maximum Gasteiger partial charge on any atom is 0.471 e. The van der Waals surface area contributed by atoms with Crippen LogP contribution in [0.2, 0.25) is 0 Å². The molecule has 3 aromatic carbocycles. The Bertz CT molecular complexity index is 2180. The Morgan fingerprint density at radius 1 is 0.947 bits per heavy atom. The van der Waals surface area contributed by atoms with E-state index in [1.54, 1.807) is 19.9 Å². The maximum atomic E-state index is 13.4. The van der Waals surface area contributed by atoms with Crippen LogP contribution in [-0.4, -0.2) is 63.6 Å². The summed E-state index contributed by atoms with van der Waals surface area (Å²) in [5, 5.41) is 24.6. The molecule has 0 aliphatic carbocycles. The first kappa shape index (κ1) is 46.6. The number of ether oxygens (including phenoxy) is 2. The van der Waals surface area contributed by atoms with Crippen molar-refractivity contribution in [2.45, 2.75) is 50.5 Å². The van der Waals surface area contributed by atoms with E-state index in [4.69, 9.17) is 15.3 Å². The number of esters is 2. The van der Waals surface area contributed by atoms with E-state index in [2.05, 4.69) is 25.7 Å². The molecule has 0 saturated carbocycles. The molecule has 0 amide bonds. The highest BCUT2D eigenvalue weighted by Crippen LogP contribution is 2.32. The Labute approximate surface area is 320 Å². The molecule has 1 aliphatic heterocycles. The summed E-state index contributed by atoms with van der Waals surface area (Å²) in [5.41, 5.74) is 0.487. The second kappa shape index (κ2) is 20.4. The van der Waals surface area contributed by atoms with Crippen molar-refractivity contribution >= 4 is 45.0 Å². The van der Waals surface area contributed by atoms with Crippen LogP contribution >= 0.6 is 0 Å². The first-order valence-electron chi connectivity index (χ1n) is 15.8. The normalized spacial score (nSPS) is 13.9. The summed E-state index contributed by atoms with van der Waals surface area (Å²) in [6.45, 7) is 8.57. The Morgan fingerprint density at radius 3 is 2.00 bits per heavy atom. The van der Waals surface area contributed by atoms with Crippen LogP contribution in [0.25, 0.3) is 0 Å². The predicted molar refractivity (Wildman–Crippen MR) is 187 cm³/mol. The Balaban J connectivity index is 0.000000340. The molecule has 0 fully saturated rings. The second-order valence-electron chi connectivity index (χ2n) is 10.8. The van der Waals surface area contributed by atoms with E-state index in [0.717, 1.165) is 59.6 Å². The number of hydrogen-bond donors (Lipinski definition) is 1. The number of carbonyl (C=O) groups excluding carboxylic acids is 2. The van der Waals surface area contributed by atoms with E-state index in [1.807, 2.05) is 5.43 Å². The monoisotopic (exact) mass is 830 g/mol. The lowest BCUT2D eigenvalue weighted by atomic mass is 10.1. The van der Waals surface area contributed by atoms with Gasteiger partial charge in [-0.05, 0) is 69.3 Å². The zero-order valence-electron chi connectivity index (χ0n) is 29.8. The molecule has 0 spiro atoms. The van der Waals surface area contributed by atoms with Crippen molar-refractivity contribution in [3.05, 3.63) is 102 Å². The number of nitrogens with zero attached hydrogens (tertiary/aromatic N) is 5. The highest BCUT2D eigenvalue weighted by molar-refractivity contribution is 7.87. The van der Waals surface area contributed by atoms with Crippen molar-refractivity contribution in [2.24, 2.45) is 10.2 Å². The van der Waals surface area contributed by atoms with E-state index < -0.39 is 74.6 Å². The molecule has 0 aromatic heterocycles. The molecular weight excluding hydrogens is 800 g/mol. The number of carbonyl (C=O) groups is 2. The van der Waals surface area contributed by atoms with Gasteiger partial charge in [-0.25, -0.2) is 18.4 Å². The van der Waals surface area contributed by atoms with Crippen LogP contribution in [0, 0.1) is 41.2 Å². The van der Waals surface area contributed by atoms with Crippen molar-refractivity contribution in [2.75, 3.05) is 23.6 Å². The van der Waals surface area contributed by atoms with Gasteiger partial charge in [0.1, 0.15) is 34.4 Å². The first-order chi connectivity index (χ1) is 26.6. The fraction of sp³-hybridized carbons (Fsp3) is 0.257. The zero-order chi connectivity index (χ0) is 43.1. The predicted octanol–water partition coefficient (Wildman–Crippen LogP) is 7.19. The molecule has 304 valence electrons. The van der Waals surface area contributed by atoms with Crippen LogP contribution in [0.3, 0.4) is 0 Å². The number of hydrogen-bond acceptors (Lipinski definition) is 13. The molecule has 57 heavy (non-hydrogen) atoms. The lowest BCUT2D eigenvalue weighted by Crippen LogP contribution is -2.36. The van der Waals surface area contributed by atoms with Gasteiger partial charge in [-0.2, -0.15) is 50.4 Å². The fourth-order valence-electron chi connectivity index (χ4n) is 4.07. The third-order valence-electron chi connectivity index (χ3n) is 6.70. The third kappa shape index (κ3) is 13.9. The third-order valence-corrected chi connectivity index (χ3v) is 7.93. The molecule has 22 heteroatoms. The summed E-state index contributed by atoms with van der Waals surface area (Å²) >= 11 is 0. The van der Waals surface area contributed by atoms with E-state index in [1.165, 1.54) is 25.1 Å². The maximum absolute atomic E-state index is 13.4. The van der Waals surface area contributed by atoms with Crippen molar-refractivity contribution < 1.29 is 66.8 Å². The number of benzene rings is 3. The SMILES string of the molecule is C=CC(=O)OCC.CCOC(=O)C1CC(C(F)(F)F)=NN1c1ccc(F)c(C#N)c1.Cc1ccc(S(=O)(=O)O/C(=N\Nc2ccc(F)c(C#N)c2)C(F)(F)F)cc1. The van der Waals surface area contributed by atoms with Crippen molar-refractivity contribution in [3.63, 3.8) is 0 Å². The molecule has 4 rings (SSSR count). The number of anilines is 2. The highest BCUT2D eigenvalue weighted by atomic mass is 32.2. The zero-order valence-corrected chi connectivity index (χ0v) is 30.6. The smallest absolute Gasteiger partial charge is 0.464 e. The van der Waals surface area contributed by atoms with Crippen LogP contribution in [-0.2, 0) is 33.4 Å². The molecule has 0 saturated heterocycles. The Hall–Kier alpha value is -6.55. The quantitative estimate of drug-likeness (QED) is 0.0438. The molecule has 1 heterocycles. The number of nitrogens with one attached hydrogen (secondary N) is 1. The van der Waals surface area contributed by atoms with Crippen LogP contribution in [0.15, 0.2) is 88.4 Å². The number of rotatable bonds is 9. The van der Waals surface area contributed by atoms with Gasteiger partial charge >= 0.3 is 40.3 Å². The summed E-state index contributed by atoms with van der Waals surface area (Å²) in [5.74, 6) is -5.00. The van der Waals surface area contributed by atoms with Gasteiger partial charge in [-0.15, -0.1) is 5.10 Å². The Kier molecular flexibility index (Phi) is 16.7. The van der Waals surface area contributed by atoms with Crippen LogP contribution in [0.5, 0.6) is 0 Å². The first-order valence-corrected chi connectivity index (χ1v) is 17.2. The summed E-state index contributed by atoms with van der Waals surface area (Å²) in [7, 11) is -4.79. The van der Waals surface area contributed by atoms with Gasteiger partial charge in [-0.1, -0.05) is 24.3 Å². The number of nitriles is 2. The number of aryl methyl sites for hydroxylation is 1. The van der Waals surface area contributed by atoms with Gasteiger partial charge in [0.15, 0.2) is 6.04 Å². The largest absolute Gasteiger partial charge is 0.471 e. The van der Waals surface area contributed by atoms with E-state index in [0.29, 0.717) is 12.2 Å². The minimum atomic E-state index is -5.23. The van der Waals surface area contributed by atoms with Gasteiger partial charge in [0, 0.05) is 12.5 Å². The van der Waals surface area contributed by atoms with Gasteiger partial charge in [0.05, 0.1) is 35.7 Å². The van der Waals surface area contributed by atoms with Gasteiger partial charge in [0.2, 0.25) is 0 Å². The second-order valence-corrected chi connectivity index (χ2v) is 12.3. The molecule has 1 atom stereocenters.